The molecule has 0 amide bonds. The first-order valence-corrected chi connectivity index (χ1v) is 5.10. The Hall–Kier alpha value is -0.500. The van der Waals surface area contributed by atoms with Gasteiger partial charge in [-0.3, -0.25) is 0 Å². The molecule has 13 heavy (non-hydrogen) atoms. The molecule has 0 radical (unpaired) electrons. The Labute approximate surface area is 80.9 Å². The quantitative estimate of drug-likeness (QED) is 0.628. The molecule has 0 aromatic heterocycles. The lowest BCUT2D eigenvalue weighted by atomic mass is 10.1. The fraction of sp³-hybridized carbons (Fsp3) is 0.818. The molecular weight excluding hydrogens is 164 g/mol. The van der Waals surface area contributed by atoms with E-state index in [0.717, 1.165) is 13.0 Å². The second-order valence-electron chi connectivity index (χ2n) is 3.94. The standard InChI is InChI=1S/C11H20O2/c1-9(2)8-13-10(3)11-6-4-5-7-12-11/h8,10-11H,4-7H2,1-3H3. The van der Waals surface area contributed by atoms with E-state index < -0.39 is 0 Å². The zero-order chi connectivity index (χ0) is 9.68. The van der Waals surface area contributed by atoms with E-state index in [2.05, 4.69) is 6.92 Å². The molecule has 1 aliphatic heterocycles. The van der Waals surface area contributed by atoms with Crippen molar-refractivity contribution in [2.45, 2.75) is 52.2 Å². The van der Waals surface area contributed by atoms with Gasteiger partial charge in [-0.25, -0.2) is 0 Å². The maximum absolute atomic E-state index is 5.62. The van der Waals surface area contributed by atoms with E-state index in [1.165, 1.54) is 18.4 Å². The lowest BCUT2D eigenvalue weighted by molar-refractivity contribution is -0.0594. The van der Waals surface area contributed by atoms with Gasteiger partial charge < -0.3 is 9.47 Å². The summed E-state index contributed by atoms with van der Waals surface area (Å²) < 4.78 is 11.2. The van der Waals surface area contributed by atoms with Gasteiger partial charge in [0.05, 0.1) is 12.4 Å². The van der Waals surface area contributed by atoms with Crippen molar-refractivity contribution >= 4 is 0 Å². The second-order valence-corrected chi connectivity index (χ2v) is 3.94. The number of ether oxygens (including phenoxy) is 2. The van der Waals surface area contributed by atoms with E-state index in [4.69, 9.17) is 9.47 Å². The van der Waals surface area contributed by atoms with Gasteiger partial charge in [-0.2, -0.15) is 0 Å². The highest BCUT2D eigenvalue weighted by atomic mass is 16.5. The van der Waals surface area contributed by atoms with Crippen LogP contribution in [-0.2, 0) is 9.47 Å². The molecule has 2 unspecified atom stereocenters. The minimum absolute atomic E-state index is 0.190. The highest BCUT2D eigenvalue weighted by Crippen LogP contribution is 2.17. The average Bonchev–Trinajstić information content (AvgIpc) is 2.15. The third-order valence-electron chi connectivity index (χ3n) is 2.26. The molecule has 2 heteroatoms. The van der Waals surface area contributed by atoms with Crippen LogP contribution in [0.5, 0.6) is 0 Å². The van der Waals surface area contributed by atoms with Crippen molar-refractivity contribution in [1.82, 2.24) is 0 Å². The lowest BCUT2D eigenvalue weighted by Gasteiger charge is -2.27. The van der Waals surface area contributed by atoms with Crippen LogP contribution in [0.3, 0.4) is 0 Å². The van der Waals surface area contributed by atoms with E-state index in [0.29, 0.717) is 6.10 Å². The highest BCUT2D eigenvalue weighted by molar-refractivity contribution is 4.87. The molecule has 0 saturated carbocycles. The van der Waals surface area contributed by atoms with Gasteiger partial charge >= 0.3 is 0 Å². The van der Waals surface area contributed by atoms with Gasteiger partial charge in [-0.1, -0.05) is 0 Å². The first-order chi connectivity index (χ1) is 6.20. The van der Waals surface area contributed by atoms with Crippen LogP contribution in [0.15, 0.2) is 11.8 Å². The Morgan fingerprint density at radius 1 is 1.46 bits per heavy atom. The zero-order valence-electron chi connectivity index (χ0n) is 8.88. The Bertz CT molecular complexity index is 165. The van der Waals surface area contributed by atoms with Crippen LogP contribution in [0.25, 0.3) is 0 Å². The van der Waals surface area contributed by atoms with Crippen molar-refractivity contribution in [1.29, 1.82) is 0 Å². The Kier molecular flexibility index (Phi) is 4.29. The summed E-state index contributed by atoms with van der Waals surface area (Å²) in [7, 11) is 0. The molecule has 0 N–H and O–H groups in total. The molecule has 1 saturated heterocycles. The molecule has 0 aromatic carbocycles. The number of hydrogen-bond acceptors (Lipinski definition) is 2. The van der Waals surface area contributed by atoms with E-state index in [1.54, 1.807) is 0 Å². The van der Waals surface area contributed by atoms with Gasteiger partial charge in [0.15, 0.2) is 0 Å². The fourth-order valence-corrected chi connectivity index (χ4v) is 1.47. The molecule has 1 rings (SSSR count). The van der Waals surface area contributed by atoms with Gasteiger partial charge in [-0.05, 0) is 45.6 Å². The molecule has 0 bridgehead atoms. The summed E-state index contributed by atoms with van der Waals surface area (Å²) in [4.78, 5) is 0. The number of hydrogen-bond donors (Lipinski definition) is 0. The number of rotatable bonds is 3. The van der Waals surface area contributed by atoms with Gasteiger partial charge in [0.1, 0.15) is 6.10 Å². The molecule has 76 valence electrons. The summed E-state index contributed by atoms with van der Waals surface area (Å²) >= 11 is 0. The summed E-state index contributed by atoms with van der Waals surface area (Å²) in [5.74, 6) is 0. The summed E-state index contributed by atoms with van der Waals surface area (Å²) in [6, 6.07) is 0. The lowest BCUT2D eigenvalue weighted by Crippen LogP contribution is -2.31. The fourth-order valence-electron chi connectivity index (χ4n) is 1.47. The largest absolute Gasteiger partial charge is 0.496 e. The van der Waals surface area contributed by atoms with Crippen molar-refractivity contribution in [3.05, 3.63) is 11.8 Å². The Morgan fingerprint density at radius 3 is 2.77 bits per heavy atom. The average molecular weight is 184 g/mol. The molecule has 1 aliphatic rings. The van der Waals surface area contributed by atoms with Crippen LogP contribution >= 0.6 is 0 Å². The monoisotopic (exact) mass is 184 g/mol. The van der Waals surface area contributed by atoms with Crippen LogP contribution in [0.1, 0.15) is 40.0 Å². The van der Waals surface area contributed by atoms with Crippen molar-refractivity contribution in [2.75, 3.05) is 6.61 Å². The molecule has 2 nitrogen and oxygen atoms in total. The van der Waals surface area contributed by atoms with Gasteiger partial charge in [0, 0.05) is 6.61 Å². The molecule has 0 aliphatic carbocycles. The smallest absolute Gasteiger partial charge is 0.121 e. The van der Waals surface area contributed by atoms with Crippen LogP contribution < -0.4 is 0 Å². The minimum Gasteiger partial charge on any atom is -0.496 e. The highest BCUT2D eigenvalue weighted by Gasteiger charge is 2.20. The third-order valence-corrected chi connectivity index (χ3v) is 2.26. The van der Waals surface area contributed by atoms with Gasteiger partial charge in [0.2, 0.25) is 0 Å². The van der Waals surface area contributed by atoms with Crippen LogP contribution in [-0.4, -0.2) is 18.8 Å². The predicted octanol–water partition coefficient (Wildman–Crippen LogP) is 2.88. The summed E-state index contributed by atoms with van der Waals surface area (Å²) in [5.41, 5.74) is 1.20. The summed E-state index contributed by atoms with van der Waals surface area (Å²) in [6.07, 6.45) is 5.92. The van der Waals surface area contributed by atoms with Crippen molar-refractivity contribution < 1.29 is 9.47 Å². The molecule has 0 spiro atoms. The van der Waals surface area contributed by atoms with E-state index >= 15 is 0 Å². The SMILES string of the molecule is CC(C)=COC(C)C1CCCCO1. The maximum Gasteiger partial charge on any atom is 0.121 e. The number of allylic oxidation sites excluding steroid dienone is 1. The van der Waals surface area contributed by atoms with E-state index in [1.807, 2.05) is 20.1 Å². The minimum atomic E-state index is 0.190. The normalized spacial score (nSPS) is 25.0. The molecule has 0 aromatic rings. The van der Waals surface area contributed by atoms with Gasteiger partial charge in [-0.15, -0.1) is 0 Å². The molecule has 2 atom stereocenters. The van der Waals surface area contributed by atoms with Crippen molar-refractivity contribution in [2.24, 2.45) is 0 Å². The second kappa shape index (κ2) is 5.28. The third kappa shape index (κ3) is 3.81. The van der Waals surface area contributed by atoms with Crippen molar-refractivity contribution in [3.63, 3.8) is 0 Å². The van der Waals surface area contributed by atoms with E-state index in [-0.39, 0.29) is 6.10 Å². The first kappa shape index (κ1) is 10.6. The molecule has 1 heterocycles. The first-order valence-electron chi connectivity index (χ1n) is 5.10. The van der Waals surface area contributed by atoms with Gasteiger partial charge in [0.25, 0.3) is 0 Å². The summed E-state index contributed by atoms with van der Waals surface area (Å²) in [6.45, 7) is 7.05. The topological polar surface area (TPSA) is 18.5 Å². The zero-order valence-corrected chi connectivity index (χ0v) is 8.88. The van der Waals surface area contributed by atoms with Crippen LogP contribution in [0.4, 0.5) is 0 Å². The summed E-state index contributed by atoms with van der Waals surface area (Å²) in [5, 5.41) is 0. The Morgan fingerprint density at radius 2 is 2.23 bits per heavy atom. The molecule has 1 fully saturated rings. The van der Waals surface area contributed by atoms with Crippen LogP contribution in [0.2, 0.25) is 0 Å². The van der Waals surface area contributed by atoms with Crippen LogP contribution in [0, 0.1) is 0 Å². The molecular formula is C11H20O2. The predicted molar refractivity (Wildman–Crippen MR) is 53.6 cm³/mol. The van der Waals surface area contributed by atoms with Crippen molar-refractivity contribution in [3.8, 4) is 0 Å². The maximum atomic E-state index is 5.62. The Balaban J connectivity index is 2.28. The van der Waals surface area contributed by atoms with E-state index in [9.17, 15) is 0 Å².